The molecule has 3 aromatic rings. The van der Waals surface area contributed by atoms with Crippen LogP contribution in [0.5, 0.6) is 5.75 Å². The fourth-order valence-corrected chi connectivity index (χ4v) is 2.75. The first kappa shape index (κ1) is 19.9. The number of aliphatic hydroxyl groups excluding tert-OH is 1. The number of phenols is 1. The van der Waals surface area contributed by atoms with Gasteiger partial charge in [-0.2, -0.15) is 4.98 Å². The number of aromatic nitrogens is 3. The molecule has 3 rings (SSSR count). The highest BCUT2D eigenvalue weighted by Crippen LogP contribution is 2.30. The van der Waals surface area contributed by atoms with E-state index in [0.29, 0.717) is 28.2 Å². The number of rotatable bonds is 7. The Morgan fingerprint density at radius 1 is 1.14 bits per heavy atom. The van der Waals surface area contributed by atoms with Gasteiger partial charge in [-0.3, -0.25) is 4.98 Å². The lowest BCUT2D eigenvalue weighted by atomic mass is 10.1. The fourth-order valence-electron chi connectivity index (χ4n) is 2.57. The second-order valence-electron chi connectivity index (χ2n) is 6.67. The molecule has 7 nitrogen and oxygen atoms in total. The lowest BCUT2D eigenvalue weighted by molar-refractivity contribution is 0.248. The summed E-state index contributed by atoms with van der Waals surface area (Å²) in [5, 5.41) is 26.4. The fraction of sp³-hybridized carbons (Fsp3) is 0.250. The summed E-state index contributed by atoms with van der Waals surface area (Å²) in [5.74, 6) is 1.06. The van der Waals surface area contributed by atoms with E-state index in [1.54, 1.807) is 30.6 Å². The molecule has 0 aliphatic rings. The molecule has 4 N–H and O–H groups in total. The first-order valence-corrected chi connectivity index (χ1v) is 9.26. The van der Waals surface area contributed by atoms with E-state index in [9.17, 15) is 10.2 Å². The molecule has 1 aromatic carbocycles. The molecule has 1 atom stereocenters. The number of aromatic hydroxyl groups is 1. The van der Waals surface area contributed by atoms with Crippen molar-refractivity contribution in [3.05, 3.63) is 53.8 Å². The van der Waals surface area contributed by atoms with Crippen LogP contribution >= 0.6 is 11.6 Å². The van der Waals surface area contributed by atoms with Gasteiger partial charge in [0, 0.05) is 29.0 Å². The van der Waals surface area contributed by atoms with E-state index in [4.69, 9.17) is 11.6 Å². The monoisotopic (exact) mass is 399 g/mol. The molecule has 2 heterocycles. The van der Waals surface area contributed by atoms with E-state index in [-0.39, 0.29) is 24.3 Å². The van der Waals surface area contributed by atoms with Crippen LogP contribution in [-0.2, 0) is 0 Å². The molecule has 0 saturated heterocycles. The number of halogens is 1. The predicted molar refractivity (Wildman–Crippen MR) is 111 cm³/mol. The van der Waals surface area contributed by atoms with Gasteiger partial charge in [-0.15, -0.1) is 0 Å². The maximum atomic E-state index is 10.1. The summed E-state index contributed by atoms with van der Waals surface area (Å²) >= 11 is 6.03. The third kappa shape index (κ3) is 4.88. The van der Waals surface area contributed by atoms with Crippen LogP contribution in [0.4, 0.5) is 17.5 Å². The zero-order valence-electron chi connectivity index (χ0n) is 15.6. The van der Waals surface area contributed by atoms with E-state index >= 15 is 0 Å². The molecule has 0 aliphatic carbocycles. The molecule has 0 spiro atoms. The van der Waals surface area contributed by atoms with Crippen molar-refractivity contribution >= 4 is 29.1 Å². The smallest absolute Gasteiger partial charge is 0.225 e. The summed E-state index contributed by atoms with van der Waals surface area (Å²) in [7, 11) is 0. The number of phenolic OH excluding ortho intramolecular Hbond substituents is 1. The van der Waals surface area contributed by atoms with Gasteiger partial charge in [-0.05, 0) is 36.2 Å². The van der Waals surface area contributed by atoms with Gasteiger partial charge in [-0.25, -0.2) is 4.98 Å². The molecular weight excluding hydrogens is 378 g/mol. The molecule has 2 aromatic heterocycles. The molecule has 8 heteroatoms. The lowest BCUT2D eigenvalue weighted by Gasteiger charge is -2.20. The van der Waals surface area contributed by atoms with Crippen LogP contribution in [0.2, 0.25) is 5.02 Å². The van der Waals surface area contributed by atoms with Gasteiger partial charge in [0.1, 0.15) is 11.6 Å². The quantitative estimate of drug-likeness (QED) is 0.444. The summed E-state index contributed by atoms with van der Waals surface area (Å²) in [6.07, 6.45) is 3.40. The van der Waals surface area contributed by atoms with Crippen molar-refractivity contribution < 1.29 is 10.2 Å². The highest BCUT2D eigenvalue weighted by molar-refractivity contribution is 6.31. The van der Waals surface area contributed by atoms with Crippen LogP contribution in [-0.4, -0.2) is 37.8 Å². The molecule has 0 radical (unpaired) electrons. The Hall–Kier alpha value is -2.90. The number of nitrogens with one attached hydrogen (secondary N) is 2. The normalized spacial score (nSPS) is 12.0. The maximum Gasteiger partial charge on any atom is 0.225 e. The Labute approximate surface area is 168 Å². The van der Waals surface area contributed by atoms with Crippen molar-refractivity contribution in [2.75, 3.05) is 17.2 Å². The second kappa shape index (κ2) is 8.86. The van der Waals surface area contributed by atoms with Crippen molar-refractivity contribution in [1.82, 2.24) is 15.0 Å². The van der Waals surface area contributed by atoms with E-state index in [0.717, 1.165) is 5.56 Å². The SMILES string of the molecule is CC(C)[C@H](CO)Nc1nc(Nc2cc(Cl)ccc2O)cc(-c2cccnc2)n1. The van der Waals surface area contributed by atoms with Crippen LogP contribution in [0, 0.1) is 5.92 Å². The van der Waals surface area contributed by atoms with Crippen LogP contribution in [0.25, 0.3) is 11.3 Å². The molecule has 0 amide bonds. The van der Waals surface area contributed by atoms with Crippen molar-refractivity contribution in [1.29, 1.82) is 0 Å². The molecule has 146 valence electrons. The first-order valence-electron chi connectivity index (χ1n) is 8.88. The van der Waals surface area contributed by atoms with Crippen LogP contribution in [0.1, 0.15) is 13.8 Å². The minimum atomic E-state index is -0.198. The molecule has 0 aliphatic heterocycles. The molecule has 0 bridgehead atoms. The summed E-state index contributed by atoms with van der Waals surface area (Å²) < 4.78 is 0. The maximum absolute atomic E-state index is 10.1. The average molecular weight is 400 g/mol. The van der Waals surface area contributed by atoms with Crippen molar-refractivity contribution in [2.24, 2.45) is 5.92 Å². The van der Waals surface area contributed by atoms with Crippen LogP contribution in [0.15, 0.2) is 48.8 Å². The van der Waals surface area contributed by atoms with Crippen molar-refractivity contribution in [2.45, 2.75) is 19.9 Å². The Morgan fingerprint density at radius 2 is 1.96 bits per heavy atom. The molecule has 0 saturated carbocycles. The molecule has 0 fully saturated rings. The summed E-state index contributed by atoms with van der Waals surface area (Å²) in [6.45, 7) is 3.96. The molecule has 28 heavy (non-hydrogen) atoms. The molecular formula is C20H22ClN5O2. The zero-order valence-corrected chi connectivity index (χ0v) is 16.4. The second-order valence-corrected chi connectivity index (χ2v) is 7.10. The van der Waals surface area contributed by atoms with Gasteiger partial charge in [0.2, 0.25) is 5.95 Å². The summed E-state index contributed by atoms with van der Waals surface area (Å²) in [6, 6.07) is 10.00. The van der Waals surface area contributed by atoms with Gasteiger partial charge in [0.05, 0.1) is 24.0 Å². The largest absolute Gasteiger partial charge is 0.506 e. The Bertz CT molecular complexity index is 937. The van der Waals surface area contributed by atoms with Gasteiger partial charge in [-0.1, -0.05) is 25.4 Å². The summed E-state index contributed by atoms with van der Waals surface area (Å²) in [4.78, 5) is 13.2. The minimum absolute atomic E-state index is 0.0456. The van der Waals surface area contributed by atoms with Gasteiger partial charge < -0.3 is 20.8 Å². The number of hydrogen-bond donors (Lipinski definition) is 4. The average Bonchev–Trinajstić information content (AvgIpc) is 2.69. The first-order chi connectivity index (χ1) is 13.5. The number of pyridine rings is 1. The standard InChI is InChI=1S/C20H22ClN5O2/c1-12(2)17(11-27)25-20-24-15(13-4-3-7-22-10-13)9-19(26-20)23-16-8-14(21)5-6-18(16)28/h3-10,12,17,27-28H,11H2,1-2H3,(H2,23,24,25,26)/t17-/m0/s1. The Balaban J connectivity index is 2.00. The highest BCUT2D eigenvalue weighted by atomic mass is 35.5. The zero-order chi connectivity index (χ0) is 20.1. The summed E-state index contributed by atoms with van der Waals surface area (Å²) in [5.41, 5.74) is 1.89. The van der Waals surface area contributed by atoms with E-state index in [2.05, 4.69) is 25.6 Å². The number of benzene rings is 1. The van der Waals surface area contributed by atoms with Crippen LogP contribution < -0.4 is 10.6 Å². The van der Waals surface area contributed by atoms with Gasteiger partial charge in [0.15, 0.2) is 0 Å². The lowest BCUT2D eigenvalue weighted by Crippen LogP contribution is -2.30. The topological polar surface area (TPSA) is 103 Å². The highest BCUT2D eigenvalue weighted by Gasteiger charge is 2.15. The number of hydrogen-bond acceptors (Lipinski definition) is 7. The van der Waals surface area contributed by atoms with Crippen molar-refractivity contribution in [3.63, 3.8) is 0 Å². The van der Waals surface area contributed by atoms with E-state index < -0.39 is 0 Å². The number of nitrogens with zero attached hydrogens (tertiary/aromatic N) is 3. The Kier molecular flexibility index (Phi) is 6.28. The van der Waals surface area contributed by atoms with E-state index in [1.165, 1.54) is 6.07 Å². The predicted octanol–water partition coefficient (Wildman–Crippen LogP) is 4.07. The third-order valence-corrected chi connectivity index (χ3v) is 4.46. The third-order valence-electron chi connectivity index (χ3n) is 4.22. The van der Waals surface area contributed by atoms with E-state index in [1.807, 2.05) is 26.0 Å². The van der Waals surface area contributed by atoms with Gasteiger partial charge in [0.25, 0.3) is 0 Å². The molecule has 0 unspecified atom stereocenters. The van der Waals surface area contributed by atoms with Gasteiger partial charge >= 0.3 is 0 Å². The number of aliphatic hydroxyl groups is 1. The van der Waals surface area contributed by atoms with Crippen LogP contribution in [0.3, 0.4) is 0 Å². The number of anilines is 3. The van der Waals surface area contributed by atoms with Crippen molar-refractivity contribution in [3.8, 4) is 17.0 Å². The Morgan fingerprint density at radius 3 is 2.64 bits per heavy atom. The minimum Gasteiger partial charge on any atom is -0.506 e.